The number of hydrogen-bond acceptors (Lipinski definition) is 4. The van der Waals surface area contributed by atoms with E-state index in [2.05, 4.69) is 39.5 Å². The van der Waals surface area contributed by atoms with Crippen molar-refractivity contribution in [3.05, 3.63) is 59.9 Å². The predicted molar refractivity (Wildman–Crippen MR) is 119 cm³/mol. The Morgan fingerprint density at radius 1 is 1.17 bits per heavy atom. The molecule has 0 spiro atoms. The predicted octanol–water partition coefficient (Wildman–Crippen LogP) is 3.25. The van der Waals surface area contributed by atoms with Crippen LogP contribution in [0, 0.1) is 11.8 Å². The Morgan fingerprint density at radius 2 is 2.10 bits per heavy atom. The first-order chi connectivity index (χ1) is 14.8. The van der Waals surface area contributed by atoms with E-state index in [1.807, 2.05) is 29.4 Å². The molecule has 3 aliphatic heterocycles. The van der Waals surface area contributed by atoms with Gasteiger partial charge in [-0.05, 0) is 67.3 Å². The lowest BCUT2D eigenvalue weighted by molar-refractivity contribution is -0.118. The number of carbonyl (C=O) groups excluding carboxylic acids is 1. The van der Waals surface area contributed by atoms with Crippen molar-refractivity contribution in [3.8, 4) is 0 Å². The van der Waals surface area contributed by atoms with Crippen LogP contribution < -0.4 is 10.2 Å². The van der Waals surface area contributed by atoms with E-state index in [9.17, 15) is 4.79 Å². The van der Waals surface area contributed by atoms with E-state index in [1.54, 1.807) is 0 Å². The molecule has 1 N–H and O–H groups in total. The lowest BCUT2D eigenvalue weighted by Gasteiger charge is -2.46. The van der Waals surface area contributed by atoms with Gasteiger partial charge in [-0.2, -0.15) is 0 Å². The molecule has 2 unspecified atom stereocenters. The van der Waals surface area contributed by atoms with Crippen molar-refractivity contribution >= 4 is 11.6 Å². The third-order valence-corrected chi connectivity index (χ3v) is 7.11. The van der Waals surface area contributed by atoms with E-state index in [0.29, 0.717) is 18.4 Å². The van der Waals surface area contributed by atoms with Gasteiger partial charge >= 0.3 is 0 Å². The van der Waals surface area contributed by atoms with Gasteiger partial charge in [-0.15, -0.1) is 0 Å². The number of amides is 1. The van der Waals surface area contributed by atoms with E-state index in [-0.39, 0.29) is 5.91 Å². The van der Waals surface area contributed by atoms with Crippen LogP contribution in [0.4, 0.5) is 5.69 Å². The lowest BCUT2D eigenvalue weighted by atomic mass is 9.79. The summed E-state index contributed by atoms with van der Waals surface area (Å²) in [6.07, 6.45) is 8.87. The third-order valence-electron chi connectivity index (χ3n) is 7.11. The zero-order valence-corrected chi connectivity index (χ0v) is 17.7. The Kier molecular flexibility index (Phi) is 5.82. The highest BCUT2D eigenvalue weighted by Crippen LogP contribution is 2.32. The summed E-state index contributed by atoms with van der Waals surface area (Å²) in [6, 6.07) is 13.1. The van der Waals surface area contributed by atoms with Gasteiger partial charge in [-0.3, -0.25) is 14.7 Å². The fourth-order valence-corrected chi connectivity index (χ4v) is 5.69. The van der Waals surface area contributed by atoms with E-state index in [0.717, 1.165) is 57.0 Å². The first-order valence-corrected chi connectivity index (χ1v) is 11.5. The van der Waals surface area contributed by atoms with Gasteiger partial charge in [0, 0.05) is 56.7 Å². The molecule has 2 aromatic rings. The van der Waals surface area contributed by atoms with Crippen LogP contribution in [-0.2, 0) is 17.8 Å². The van der Waals surface area contributed by atoms with Gasteiger partial charge in [-0.1, -0.05) is 24.3 Å². The molecule has 158 valence electrons. The van der Waals surface area contributed by atoms with Crippen LogP contribution in [0.5, 0.6) is 0 Å². The van der Waals surface area contributed by atoms with Gasteiger partial charge in [0.1, 0.15) is 0 Å². The standard InChI is InChI=1S/C25H32N4O/c30-25(29-12-10-21-6-1-2-8-24(21)29)9-3-7-23-22-13-20(15-27-23)17-28(18-22)16-19-5-4-11-26-14-19/h1-2,4-6,8,11,14,20,22-23,27H,3,7,9-10,12-13,15-18H2/t20?,22?,23-/m1/s1. The van der Waals surface area contributed by atoms with E-state index in [1.165, 1.54) is 24.1 Å². The number of benzene rings is 1. The number of para-hydroxylation sites is 1. The summed E-state index contributed by atoms with van der Waals surface area (Å²) in [6.45, 7) is 5.28. The number of pyridine rings is 1. The highest BCUT2D eigenvalue weighted by atomic mass is 16.2. The Hall–Kier alpha value is -2.24. The summed E-state index contributed by atoms with van der Waals surface area (Å²) < 4.78 is 0. The summed E-state index contributed by atoms with van der Waals surface area (Å²) in [5, 5.41) is 3.80. The number of nitrogens with zero attached hydrogens (tertiary/aromatic N) is 3. The summed E-state index contributed by atoms with van der Waals surface area (Å²) in [7, 11) is 0. The van der Waals surface area contributed by atoms with Gasteiger partial charge in [0.15, 0.2) is 0 Å². The maximum atomic E-state index is 12.8. The van der Waals surface area contributed by atoms with Crippen LogP contribution in [0.25, 0.3) is 0 Å². The number of likely N-dealkylation sites (tertiary alicyclic amines) is 1. The summed E-state index contributed by atoms with van der Waals surface area (Å²) in [4.78, 5) is 21.7. The number of nitrogens with one attached hydrogen (secondary N) is 1. The Labute approximate surface area is 179 Å². The lowest BCUT2D eigenvalue weighted by Crippen LogP contribution is -2.55. The molecule has 1 amide bonds. The number of carbonyl (C=O) groups is 1. The molecule has 0 aliphatic carbocycles. The van der Waals surface area contributed by atoms with E-state index >= 15 is 0 Å². The first kappa shape index (κ1) is 19.7. The Balaban J connectivity index is 1.12. The van der Waals surface area contributed by atoms with Gasteiger partial charge < -0.3 is 10.2 Å². The zero-order chi connectivity index (χ0) is 20.3. The van der Waals surface area contributed by atoms with Gasteiger partial charge in [0.05, 0.1) is 0 Å². The maximum absolute atomic E-state index is 12.8. The SMILES string of the molecule is O=C(CCC[C@H]1NCC2CC1CN(Cc1cccnc1)C2)N1CCc2ccccc21. The minimum Gasteiger partial charge on any atom is -0.313 e. The quantitative estimate of drug-likeness (QED) is 0.803. The monoisotopic (exact) mass is 404 g/mol. The summed E-state index contributed by atoms with van der Waals surface area (Å²) >= 11 is 0. The van der Waals surface area contributed by atoms with Gasteiger partial charge in [0.2, 0.25) is 5.91 Å². The molecule has 1 aromatic heterocycles. The minimum atomic E-state index is 0.287. The van der Waals surface area contributed by atoms with Gasteiger partial charge in [0.25, 0.3) is 0 Å². The fraction of sp³-hybridized carbons (Fsp3) is 0.520. The summed E-state index contributed by atoms with van der Waals surface area (Å²) in [5.41, 5.74) is 3.74. The molecule has 30 heavy (non-hydrogen) atoms. The number of fused-ring (bicyclic) bond motifs is 3. The number of rotatable bonds is 6. The van der Waals surface area contributed by atoms with Gasteiger partial charge in [-0.25, -0.2) is 0 Å². The smallest absolute Gasteiger partial charge is 0.226 e. The Bertz CT molecular complexity index is 870. The van der Waals surface area contributed by atoms with Crippen molar-refractivity contribution in [1.29, 1.82) is 0 Å². The Morgan fingerprint density at radius 3 is 3.00 bits per heavy atom. The number of piperidine rings is 2. The molecule has 3 atom stereocenters. The van der Waals surface area contributed by atoms with Crippen molar-refractivity contribution in [3.63, 3.8) is 0 Å². The molecule has 0 saturated carbocycles. The van der Waals surface area contributed by atoms with Crippen LogP contribution in [0.15, 0.2) is 48.8 Å². The highest BCUT2D eigenvalue weighted by molar-refractivity contribution is 5.95. The molecule has 1 aromatic carbocycles. The van der Waals surface area contributed by atoms with Crippen LogP contribution in [0.1, 0.15) is 36.8 Å². The fourth-order valence-electron chi connectivity index (χ4n) is 5.69. The van der Waals surface area contributed by atoms with Crippen molar-refractivity contribution < 1.29 is 4.79 Å². The molecule has 2 bridgehead atoms. The molecule has 2 saturated heterocycles. The molecule has 5 heteroatoms. The summed E-state index contributed by atoms with van der Waals surface area (Å²) in [5.74, 6) is 1.73. The molecular weight excluding hydrogens is 372 g/mol. The minimum absolute atomic E-state index is 0.287. The van der Waals surface area contributed by atoms with Crippen LogP contribution in [0.2, 0.25) is 0 Å². The molecule has 4 heterocycles. The topological polar surface area (TPSA) is 48.5 Å². The number of anilines is 1. The second kappa shape index (κ2) is 8.86. The van der Waals surface area contributed by atoms with Crippen molar-refractivity contribution in [2.24, 2.45) is 11.8 Å². The van der Waals surface area contributed by atoms with Crippen molar-refractivity contribution in [2.45, 2.75) is 44.7 Å². The molecule has 0 radical (unpaired) electrons. The third kappa shape index (κ3) is 4.28. The average Bonchev–Trinajstić information content (AvgIpc) is 3.20. The largest absolute Gasteiger partial charge is 0.313 e. The zero-order valence-electron chi connectivity index (χ0n) is 17.7. The maximum Gasteiger partial charge on any atom is 0.226 e. The van der Waals surface area contributed by atoms with Crippen molar-refractivity contribution in [2.75, 3.05) is 31.1 Å². The van der Waals surface area contributed by atoms with Crippen LogP contribution in [0.3, 0.4) is 0 Å². The normalized spacial score (nSPS) is 25.9. The average molecular weight is 405 g/mol. The molecule has 3 aliphatic rings. The van der Waals surface area contributed by atoms with Crippen molar-refractivity contribution in [1.82, 2.24) is 15.2 Å². The second-order valence-corrected chi connectivity index (χ2v) is 9.25. The number of hydrogen-bond donors (Lipinski definition) is 1. The molecule has 5 rings (SSSR count). The molecule has 5 nitrogen and oxygen atoms in total. The first-order valence-electron chi connectivity index (χ1n) is 11.5. The number of aromatic nitrogens is 1. The van der Waals surface area contributed by atoms with E-state index in [4.69, 9.17) is 0 Å². The van der Waals surface area contributed by atoms with E-state index < -0.39 is 0 Å². The highest BCUT2D eigenvalue weighted by Gasteiger charge is 2.36. The van der Waals surface area contributed by atoms with Crippen LogP contribution >= 0.6 is 0 Å². The van der Waals surface area contributed by atoms with Crippen LogP contribution in [-0.4, -0.2) is 48.0 Å². The molecular formula is C25H32N4O. The molecule has 2 fully saturated rings. The second-order valence-electron chi connectivity index (χ2n) is 9.25.